The highest BCUT2D eigenvalue weighted by Crippen LogP contribution is 2.22. The van der Waals surface area contributed by atoms with E-state index in [1.54, 1.807) is 0 Å². The Kier molecular flexibility index (Phi) is 8.13. The monoisotopic (exact) mass is 322 g/mol. The second-order valence-electron chi connectivity index (χ2n) is 7.03. The highest BCUT2D eigenvalue weighted by molar-refractivity contribution is 5.79. The fraction of sp³-hybridized carbons (Fsp3) is 0.778. The van der Waals surface area contributed by atoms with Gasteiger partial charge < -0.3 is 15.2 Å². The third kappa shape index (κ3) is 7.06. The van der Waals surface area contributed by atoms with Gasteiger partial charge in [0.05, 0.1) is 5.69 Å². The van der Waals surface area contributed by atoms with Gasteiger partial charge in [0, 0.05) is 25.7 Å². The molecule has 0 fully saturated rings. The van der Waals surface area contributed by atoms with E-state index in [0.29, 0.717) is 0 Å². The molecule has 1 rings (SSSR count). The number of aromatic nitrogens is 1. The summed E-state index contributed by atoms with van der Waals surface area (Å²) in [5.74, 6) is 1.77. The molecule has 1 aromatic heterocycles. The fourth-order valence-electron chi connectivity index (χ4n) is 2.65. The van der Waals surface area contributed by atoms with Crippen molar-refractivity contribution in [2.75, 3.05) is 20.1 Å². The van der Waals surface area contributed by atoms with Gasteiger partial charge in [0.2, 0.25) is 0 Å². The molecular formula is C18H34N4O. The minimum atomic E-state index is 0.286. The quantitative estimate of drug-likeness (QED) is 0.414. The van der Waals surface area contributed by atoms with Crippen molar-refractivity contribution in [3.63, 3.8) is 0 Å². The Morgan fingerprint density at radius 1 is 1.22 bits per heavy atom. The predicted octanol–water partition coefficient (Wildman–Crippen LogP) is 3.61. The molecule has 0 saturated heterocycles. The van der Waals surface area contributed by atoms with Crippen LogP contribution in [0, 0.1) is 19.3 Å². The summed E-state index contributed by atoms with van der Waals surface area (Å²) < 4.78 is 5.19. The maximum Gasteiger partial charge on any atom is 0.191 e. The molecule has 23 heavy (non-hydrogen) atoms. The smallest absolute Gasteiger partial charge is 0.191 e. The van der Waals surface area contributed by atoms with Gasteiger partial charge in [0.25, 0.3) is 0 Å². The number of hydrogen-bond acceptors (Lipinski definition) is 3. The molecule has 0 aromatic carbocycles. The first-order valence-electron chi connectivity index (χ1n) is 8.76. The molecule has 0 atom stereocenters. The number of nitrogens with zero attached hydrogens (tertiary/aromatic N) is 2. The zero-order chi connectivity index (χ0) is 17.3. The van der Waals surface area contributed by atoms with Crippen molar-refractivity contribution >= 4 is 5.96 Å². The largest absolute Gasteiger partial charge is 0.361 e. The van der Waals surface area contributed by atoms with Crippen molar-refractivity contribution in [1.29, 1.82) is 0 Å². The number of aliphatic imine (C=N–C) groups is 1. The minimum absolute atomic E-state index is 0.286. The third-order valence-corrected chi connectivity index (χ3v) is 4.26. The topological polar surface area (TPSA) is 62.5 Å². The lowest BCUT2D eigenvalue weighted by molar-refractivity contribution is 0.318. The molecule has 132 valence electrons. The fourth-order valence-corrected chi connectivity index (χ4v) is 2.65. The molecule has 0 unspecified atom stereocenters. The maximum atomic E-state index is 5.19. The van der Waals surface area contributed by atoms with Gasteiger partial charge in [-0.3, -0.25) is 4.99 Å². The van der Waals surface area contributed by atoms with Gasteiger partial charge in [0.1, 0.15) is 5.76 Å². The summed E-state index contributed by atoms with van der Waals surface area (Å²) in [6.45, 7) is 12.6. The molecule has 0 amide bonds. The first kappa shape index (κ1) is 19.5. The molecule has 0 aliphatic rings. The van der Waals surface area contributed by atoms with Crippen LogP contribution < -0.4 is 10.6 Å². The number of guanidine groups is 1. The van der Waals surface area contributed by atoms with E-state index in [-0.39, 0.29) is 5.41 Å². The molecule has 0 saturated carbocycles. The first-order valence-corrected chi connectivity index (χ1v) is 8.76. The Morgan fingerprint density at radius 3 is 2.52 bits per heavy atom. The van der Waals surface area contributed by atoms with Crippen LogP contribution in [0.3, 0.4) is 0 Å². The van der Waals surface area contributed by atoms with Crippen LogP contribution in [0.25, 0.3) is 0 Å². The highest BCUT2D eigenvalue weighted by atomic mass is 16.5. The Balaban J connectivity index is 2.34. The van der Waals surface area contributed by atoms with Crippen LogP contribution >= 0.6 is 0 Å². The number of nitrogens with one attached hydrogen (secondary N) is 2. The Hall–Kier alpha value is -1.52. The summed E-state index contributed by atoms with van der Waals surface area (Å²) in [4.78, 5) is 4.31. The van der Waals surface area contributed by atoms with Crippen molar-refractivity contribution in [1.82, 2.24) is 15.8 Å². The first-order chi connectivity index (χ1) is 10.9. The van der Waals surface area contributed by atoms with E-state index < -0.39 is 0 Å². The second-order valence-corrected chi connectivity index (χ2v) is 7.03. The van der Waals surface area contributed by atoms with Crippen molar-refractivity contribution < 1.29 is 4.52 Å². The number of hydrogen-bond donors (Lipinski definition) is 2. The summed E-state index contributed by atoms with van der Waals surface area (Å²) in [5.41, 5.74) is 2.45. The Labute approximate surface area is 141 Å². The van der Waals surface area contributed by atoms with E-state index in [4.69, 9.17) is 4.52 Å². The van der Waals surface area contributed by atoms with E-state index >= 15 is 0 Å². The molecule has 5 nitrogen and oxygen atoms in total. The number of aryl methyl sites for hydroxylation is 2. The van der Waals surface area contributed by atoms with E-state index in [1.807, 2.05) is 20.9 Å². The van der Waals surface area contributed by atoms with Crippen LogP contribution in [0.1, 0.15) is 63.5 Å². The van der Waals surface area contributed by atoms with Crippen molar-refractivity contribution in [2.24, 2.45) is 10.4 Å². The van der Waals surface area contributed by atoms with E-state index in [2.05, 4.69) is 41.6 Å². The van der Waals surface area contributed by atoms with E-state index in [1.165, 1.54) is 31.2 Å². The summed E-state index contributed by atoms with van der Waals surface area (Å²) in [5, 5.41) is 10.8. The van der Waals surface area contributed by atoms with Gasteiger partial charge in [-0.25, -0.2) is 0 Å². The standard InChI is InChI=1S/C18H34N4O/c1-7-8-9-11-18(4,5)13-21-17(19-6)20-12-10-16-14(2)22-23-15(16)3/h7-13H2,1-6H3,(H2,19,20,21). The summed E-state index contributed by atoms with van der Waals surface area (Å²) >= 11 is 0. The zero-order valence-corrected chi connectivity index (χ0v) is 15.8. The van der Waals surface area contributed by atoms with Gasteiger partial charge in [0.15, 0.2) is 5.96 Å². The lowest BCUT2D eigenvalue weighted by atomic mass is 9.87. The normalized spacial score (nSPS) is 12.5. The van der Waals surface area contributed by atoms with Gasteiger partial charge in [-0.05, 0) is 32.1 Å². The van der Waals surface area contributed by atoms with Crippen LogP contribution in [-0.2, 0) is 6.42 Å². The molecular weight excluding hydrogens is 288 g/mol. The summed E-state index contributed by atoms with van der Waals surface area (Å²) in [7, 11) is 1.81. The molecule has 0 bridgehead atoms. The SMILES string of the molecule is CCCCCC(C)(C)CNC(=NC)NCCc1c(C)noc1C. The van der Waals surface area contributed by atoms with Crippen LogP contribution in [0.5, 0.6) is 0 Å². The van der Waals surface area contributed by atoms with Crippen LogP contribution in [0.4, 0.5) is 0 Å². The molecule has 5 heteroatoms. The minimum Gasteiger partial charge on any atom is -0.361 e. The summed E-state index contributed by atoms with van der Waals surface area (Å²) in [6.07, 6.45) is 6.01. The second kappa shape index (κ2) is 9.58. The molecule has 0 spiro atoms. The van der Waals surface area contributed by atoms with Crippen molar-refractivity contribution in [3.05, 3.63) is 17.0 Å². The van der Waals surface area contributed by atoms with Gasteiger partial charge in [-0.1, -0.05) is 45.2 Å². The highest BCUT2D eigenvalue weighted by Gasteiger charge is 2.17. The van der Waals surface area contributed by atoms with Crippen molar-refractivity contribution in [2.45, 2.75) is 66.7 Å². The predicted molar refractivity (Wildman–Crippen MR) is 97.0 cm³/mol. The Morgan fingerprint density at radius 2 is 1.96 bits per heavy atom. The number of unbranched alkanes of at least 4 members (excludes halogenated alkanes) is 2. The zero-order valence-electron chi connectivity index (χ0n) is 15.8. The third-order valence-electron chi connectivity index (χ3n) is 4.26. The summed E-state index contributed by atoms with van der Waals surface area (Å²) in [6, 6.07) is 0. The molecule has 0 aliphatic carbocycles. The van der Waals surface area contributed by atoms with Gasteiger partial charge in [-0.15, -0.1) is 0 Å². The average Bonchev–Trinajstić information content (AvgIpc) is 2.82. The molecule has 2 N–H and O–H groups in total. The lowest BCUT2D eigenvalue weighted by Gasteiger charge is -2.26. The Bertz CT molecular complexity index is 472. The molecule has 0 radical (unpaired) electrons. The van der Waals surface area contributed by atoms with Crippen LogP contribution in [0.2, 0.25) is 0 Å². The van der Waals surface area contributed by atoms with Crippen molar-refractivity contribution in [3.8, 4) is 0 Å². The van der Waals surface area contributed by atoms with E-state index in [0.717, 1.165) is 36.9 Å². The molecule has 1 heterocycles. The van der Waals surface area contributed by atoms with E-state index in [9.17, 15) is 0 Å². The molecule has 0 aliphatic heterocycles. The lowest BCUT2D eigenvalue weighted by Crippen LogP contribution is -2.42. The number of rotatable bonds is 9. The van der Waals surface area contributed by atoms with Gasteiger partial charge in [-0.2, -0.15) is 0 Å². The maximum absolute atomic E-state index is 5.19. The van der Waals surface area contributed by atoms with Gasteiger partial charge >= 0.3 is 0 Å². The van der Waals surface area contributed by atoms with Crippen LogP contribution in [-0.4, -0.2) is 31.3 Å². The molecule has 1 aromatic rings. The average molecular weight is 322 g/mol. The van der Waals surface area contributed by atoms with Crippen LogP contribution in [0.15, 0.2) is 9.52 Å².